The quantitative estimate of drug-likeness (QED) is 0.790. The van der Waals surface area contributed by atoms with Gasteiger partial charge in [0.1, 0.15) is 0 Å². The van der Waals surface area contributed by atoms with Crippen LogP contribution >= 0.6 is 0 Å². The van der Waals surface area contributed by atoms with Gasteiger partial charge in [0.15, 0.2) is 0 Å². The predicted molar refractivity (Wildman–Crippen MR) is 115 cm³/mol. The van der Waals surface area contributed by atoms with Crippen molar-refractivity contribution in [3.8, 4) is 0 Å². The Morgan fingerprint density at radius 1 is 1.10 bits per heavy atom. The van der Waals surface area contributed by atoms with E-state index in [0.29, 0.717) is 6.04 Å². The molecule has 2 aromatic rings. The number of piperidine rings is 1. The van der Waals surface area contributed by atoms with Crippen molar-refractivity contribution in [1.82, 2.24) is 4.31 Å². The van der Waals surface area contributed by atoms with E-state index in [2.05, 4.69) is 16.3 Å². The third-order valence-electron chi connectivity index (χ3n) is 5.96. The van der Waals surface area contributed by atoms with Crippen molar-refractivity contribution >= 4 is 27.3 Å². The monoisotopic (exact) mass is 413 g/mol. The third-order valence-corrected chi connectivity index (χ3v) is 7.79. The van der Waals surface area contributed by atoms with Gasteiger partial charge in [-0.3, -0.25) is 4.79 Å². The molecule has 0 radical (unpaired) electrons. The van der Waals surface area contributed by atoms with Gasteiger partial charge < -0.3 is 10.2 Å². The molecule has 29 heavy (non-hydrogen) atoms. The van der Waals surface area contributed by atoms with Crippen LogP contribution in [-0.2, 0) is 21.2 Å². The summed E-state index contributed by atoms with van der Waals surface area (Å²) in [5.74, 6) is 0.672. The first-order chi connectivity index (χ1) is 13.8. The highest BCUT2D eigenvalue weighted by Crippen LogP contribution is 2.42. The van der Waals surface area contributed by atoms with Crippen molar-refractivity contribution < 1.29 is 13.2 Å². The highest BCUT2D eigenvalue weighted by molar-refractivity contribution is 7.89. The van der Waals surface area contributed by atoms with Crippen molar-refractivity contribution in [3.63, 3.8) is 0 Å². The molecule has 2 aromatic carbocycles. The molecule has 2 bridgehead atoms. The second-order valence-corrected chi connectivity index (χ2v) is 10.3. The lowest BCUT2D eigenvalue weighted by molar-refractivity contribution is -0.115. The zero-order chi connectivity index (χ0) is 20.6. The van der Waals surface area contributed by atoms with Crippen LogP contribution in [0.3, 0.4) is 0 Å². The maximum Gasteiger partial charge on any atom is 0.242 e. The van der Waals surface area contributed by atoms with Crippen LogP contribution < -0.4 is 10.2 Å². The van der Waals surface area contributed by atoms with E-state index in [1.165, 1.54) is 37.7 Å². The number of hydrogen-bond acceptors (Lipinski definition) is 4. The van der Waals surface area contributed by atoms with E-state index in [0.717, 1.165) is 29.4 Å². The molecule has 2 fully saturated rings. The number of nitrogens with one attached hydrogen (secondary N) is 1. The fourth-order valence-corrected chi connectivity index (χ4v) is 5.32. The number of amides is 1. The third kappa shape index (κ3) is 4.02. The number of sulfonamides is 1. The summed E-state index contributed by atoms with van der Waals surface area (Å²) in [4.78, 5) is 15.3. The second-order valence-electron chi connectivity index (χ2n) is 8.16. The Balaban J connectivity index is 1.44. The molecule has 2 aliphatic rings. The molecular weight excluding hydrogens is 386 g/mol. The first kappa shape index (κ1) is 19.9. The lowest BCUT2D eigenvalue weighted by Gasteiger charge is -2.31. The first-order valence-electron chi connectivity index (χ1n) is 10.0. The molecule has 1 saturated heterocycles. The maximum atomic E-state index is 12.6. The Labute approximate surface area is 172 Å². The summed E-state index contributed by atoms with van der Waals surface area (Å²) in [6, 6.07) is 15.1. The summed E-state index contributed by atoms with van der Waals surface area (Å²) in [6.45, 7) is 1.07. The zero-order valence-corrected chi connectivity index (χ0v) is 17.7. The van der Waals surface area contributed by atoms with Gasteiger partial charge in [0.2, 0.25) is 15.9 Å². The molecule has 1 aliphatic heterocycles. The fourth-order valence-electron chi connectivity index (χ4n) is 4.42. The van der Waals surface area contributed by atoms with Gasteiger partial charge in [0.05, 0.1) is 22.7 Å². The summed E-state index contributed by atoms with van der Waals surface area (Å²) in [6.07, 6.45) is 4.00. The van der Waals surface area contributed by atoms with Crippen LogP contribution in [-0.4, -0.2) is 45.3 Å². The summed E-state index contributed by atoms with van der Waals surface area (Å²) in [5, 5.41) is 3.05. The topological polar surface area (TPSA) is 69.7 Å². The molecule has 2 atom stereocenters. The van der Waals surface area contributed by atoms with Crippen LogP contribution in [0.5, 0.6) is 0 Å². The van der Waals surface area contributed by atoms with Crippen LogP contribution in [0.1, 0.15) is 24.8 Å². The molecule has 0 spiro atoms. The molecular formula is C22H27N3O3S. The summed E-state index contributed by atoms with van der Waals surface area (Å²) >= 11 is 0. The highest BCUT2D eigenvalue weighted by Gasteiger charge is 2.38. The number of anilines is 2. The van der Waals surface area contributed by atoms with Gasteiger partial charge in [-0.15, -0.1) is 0 Å². The fraction of sp³-hybridized carbons (Fsp3) is 0.409. The average Bonchev–Trinajstić information content (AvgIpc) is 3.32. The van der Waals surface area contributed by atoms with Crippen LogP contribution in [0, 0.1) is 5.92 Å². The van der Waals surface area contributed by atoms with Crippen molar-refractivity contribution in [2.45, 2.75) is 36.6 Å². The minimum Gasteiger partial charge on any atom is -0.367 e. The van der Waals surface area contributed by atoms with E-state index in [1.54, 1.807) is 24.3 Å². The number of rotatable bonds is 6. The molecule has 6 nitrogen and oxygen atoms in total. The number of benzene rings is 2. The minimum atomic E-state index is -3.46. The van der Waals surface area contributed by atoms with Crippen molar-refractivity contribution in [3.05, 3.63) is 54.1 Å². The van der Waals surface area contributed by atoms with E-state index in [9.17, 15) is 13.2 Å². The molecule has 1 saturated carbocycles. The highest BCUT2D eigenvalue weighted by atomic mass is 32.2. The number of para-hydroxylation sites is 2. The van der Waals surface area contributed by atoms with Gasteiger partial charge in [-0.25, -0.2) is 12.7 Å². The Bertz CT molecular complexity index is 1000. The molecule has 0 aromatic heterocycles. The lowest BCUT2D eigenvalue weighted by Crippen LogP contribution is -2.32. The lowest BCUT2D eigenvalue weighted by atomic mass is 10.1. The Kier molecular flexibility index (Phi) is 5.36. The molecule has 4 rings (SSSR count). The summed E-state index contributed by atoms with van der Waals surface area (Å²) in [7, 11) is -0.462. The number of fused-ring (bicyclic) bond motifs is 2. The number of carbonyl (C=O) groups is 1. The predicted octanol–water partition coefficient (Wildman–Crippen LogP) is 3.11. The molecule has 1 aliphatic carbocycles. The van der Waals surface area contributed by atoms with Crippen molar-refractivity contribution in [1.29, 1.82) is 0 Å². The smallest absolute Gasteiger partial charge is 0.242 e. The van der Waals surface area contributed by atoms with Gasteiger partial charge in [-0.05, 0) is 55.0 Å². The van der Waals surface area contributed by atoms with E-state index < -0.39 is 10.0 Å². The van der Waals surface area contributed by atoms with E-state index >= 15 is 0 Å². The molecule has 7 heteroatoms. The molecule has 2 unspecified atom stereocenters. The number of hydrogen-bond donors (Lipinski definition) is 1. The molecule has 154 valence electrons. The van der Waals surface area contributed by atoms with Gasteiger partial charge in [0.25, 0.3) is 0 Å². The van der Waals surface area contributed by atoms with Crippen LogP contribution in [0.15, 0.2) is 53.4 Å². The molecule has 1 amide bonds. The van der Waals surface area contributed by atoms with Crippen molar-refractivity contribution in [2.75, 3.05) is 30.9 Å². The van der Waals surface area contributed by atoms with Crippen LogP contribution in [0.4, 0.5) is 11.4 Å². The van der Waals surface area contributed by atoms with E-state index in [-0.39, 0.29) is 17.2 Å². The second kappa shape index (κ2) is 7.80. The van der Waals surface area contributed by atoms with E-state index in [4.69, 9.17) is 0 Å². The van der Waals surface area contributed by atoms with Gasteiger partial charge in [0, 0.05) is 26.7 Å². The zero-order valence-electron chi connectivity index (χ0n) is 16.8. The molecule has 1 heterocycles. The van der Waals surface area contributed by atoms with Gasteiger partial charge in [-0.1, -0.05) is 24.3 Å². The number of carbonyl (C=O) groups excluding carboxylic acids is 1. The Morgan fingerprint density at radius 2 is 1.83 bits per heavy atom. The van der Waals surface area contributed by atoms with Gasteiger partial charge in [-0.2, -0.15) is 0 Å². The summed E-state index contributed by atoms with van der Waals surface area (Å²) < 4.78 is 25.5. The Morgan fingerprint density at radius 3 is 2.45 bits per heavy atom. The average molecular weight is 414 g/mol. The SMILES string of the molecule is CN(C)S(=O)(=O)c1ccc(CC(=O)Nc2ccccc2N2CC3CCC2C3)cc1. The minimum absolute atomic E-state index is 0.106. The maximum absolute atomic E-state index is 12.6. The van der Waals surface area contributed by atoms with Crippen LogP contribution in [0.2, 0.25) is 0 Å². The Hall–Kier alpha value is -2.38. The number of nitrogens with zero attached hydrogens (tertiary/aromatic N) is 2. The van der Waals surface area contributed by atoms with Gasteiger partial charge >= 0.3 is 0 Å². The first-order valence-corrected chi connectivity index (χ1v) is 11.5. The van der Waals surface area contributed by atoms with Crippen molar-refractivity contribution in [2.24, 2.45) is 5.92 Å². The largest absolute Gasteiger partial charge is 0.367 e. The summed E-state index contributed by atoms with van der Waals surface area (Å²) in [5.41, 5.74) is 2.72. The normalized spacial score (nSPS) is 21.0. The van der Waals surface area contributed by atoms with Crippen LogP contribution in [0.25, 0.3) is 0 Å². The molecule has 1 N–H and O–H groups in total. The van der Waals surface area contributed by atoms with E-state index in [1.807, 2.05) is 18.2 Å². The standard InChI is InChI=1S/C22H27N3O3S/c1-24(2)29(27,28)19-11-8-16(9-12-19)14-22(26)23-20-5-3-4-6-21(20)25-15-17-7-10-18(25)13-17/h3-6,8-9,11-12,17-18H,7,10,13-15H2,1-2H3,(H,23,26).